The molecule has 1 amide bonds. The number of nitrogens with zero attached hydrogens (tertiary/aromatic N) is 3. The predicted octanol–water partition coefficient (Wildman–Crippen LogP) is 4.71. The van der Waals surface area contributed by atoms with Crippen molar-refractivity contribution < 1.29 is 9.53 Å². The monoisotopic (exact) mass is 417 g/mol. The van der Waals surface area contributed by atoms with E-state index in [0.717, 1.165) is 46.6 Å². The molecule has 2 aromatic carbocycles. The summed E-state index contributed by atoms with van der Waals surface area (Å²) in [6.45, 7) is 4.29. The number of ether oxygens (including phenoxy) is 1. The molecule has 30 heavy (non-hydrogen) atoms. The predicted molar refractivity (Wildman–Crippen MR) is 120 cm³/mol. The summed E-state index contributed by atoms with van der Waals surface area (Å²) in [5.41, 5.74) is 1.81. The summed E-state index contributed by atoms with van der Waals surface area (Å²) < 4.78 is 6.16. The SMILES string of the molecule is C[C@@H]1CN(C2=Nc3ccccc3Oc3ccccc32)CCN1C(=O)Cc1cccs1. The molecule has 0 spiro atoms. The van der Waals surface area contributed by atoms with Crippen molar-refractivity contribution in [2.45, 2.75) is 19.4 Å². The fourth-order valence-corrected chi connectivity index (χ4v) is 4.79. The third-order valence-corrected chi connectivity index (χ3v) is 6.47. The highest BCUT2D eigenvalue weighted by molar-refractivity contribution is 7.10. The van der Waals surface area contributed by atoms with Crippen LogP contribution in [0.15, 0.2) is 71.0 Å². The Hall–Kier alpha value is -3.12. The maximum absolute atomic E-state index is 12.8. The van der Waals surface area contributed by atoms with Gasteiger partial charge in [-0.2, -0.15) is 0 Å². The lowest BCUT2D eigenvalue weighted by atomic mass is 10.1. The van der Waals surface area contributed by atoms with Gasteiger partial charge in [-0.05, 0) is 42.6 Å². The standard InChI is InChI=1S/C24H23N3O2S/c1-17-16-26(12-13-27(17)23(28)15-18-7-6-14-30-18)24-19-8-2-4-10-21(19)29-22-11-5-3-9-20(22)25-24/h2-11,14,17H,12-13,15-16H2,1H3/t17-/m1/s1. The highest BCUT2D eigenvalue weighted by Crippen LogP contribution is 2.38. The van der Waals surface area contributed by atoms with Crippen molar-refractivity contribution in [3.8, 4) is 11.5 Å². The molecule has 0 N–H and O–H groups in total. The van der Waals surface area contributed by atoms with E-state index in [0.29, 0.717) is 13.0 Å². The van der Waals surface area contributed by atoms with Crippen LogP contribution in [0.1, 0.15) is 17.4 Å². The largest absolute Gasteiger partial charge is 0.454 e. The average Bonchev–Trinajstić information content (AvgIpc) is 3.20. The first kappa shape index (κ1) is 18.9. The van der Waals surface area contributed by atoms with E-state index in [1.54, 1.807) is 11.3 Å². The van der Waals surface area contributed by atoms with Crippen molar-refractivity contribution in [1.29, 1.82) is 0 Å². The third kappa shape index (κ3) is 3.59. The van der Waals surface area contributed by atoms with Crippen LogP contribution in [0.3, 0.4) is 0 Å². The van der Waals surface area contributed by atoms with E-state index in [4.69, 9.17) is 9.73 Å². The lowest BCUT2D eigenvalue weighted by molar-refractivity contribution is -0.134. The Morgan fingerprint density at radius 1 is 1.07 bits per heavy atom. The summed E-state index contributed by atoms with van der Waals surface area (Å²) in [5, 5.41) is 2.02. The lowest BCUT2D eigenvalue weighted by Crippen LogP contribution is -2.55. The number of carbonyl (C=O) groups excluding carboxylic acids is 1. The summed E-state index contributed by atoms with van der Waals surface area (Å²) in [6.07, 6.45) is 0.479. The number of benzene rings is 2. The number of para-hydroxylation sites is 3. The fraction of sp³-hybridized carbons (Fsp3) is 0.250. The zero-order chi connectivity index (χ0) is 20.5. The number of aliphatic imine (C=N–C) groups is 1. The Kier molecular flexibility index (Phi) is 5.01. The Bertz CT molecular complexity index is 1090. The van der Waals surface area contributed by atoms with Gasteiger partial charge in [-0.3, -0.25) is 4.79 Å². The molecule has 0 unspecified atom stereocenters. The number of rotatable bonds is 2. The van der Waals surface area contributed by atoms with Crippen molar-refractivity contribution >= 4 is 28.8 Å². The maximum atomic E-state index is 12.8. The molecule has 5 rings (SSSR count). The van der Waals surface area contributed by atoms with Crippen LogP contribution in [0.5, 0.6) is 11.5 Å². The smallest absolute Gasteiger partial charge is 0.228 e. The Labute approximate surface area is 180 Å². The molecule has 2 aliphatic rings. The Morgan fingerprint density at radius 3 is 2.67 bits per heavy atom. The van der Waals surface area contributed by atoms with E-state index in [2.05, 4.69) is 17.9 Å². The number of hydrogen-bond acceptors (Lipinski definition) is 5. The van der Waals surface area contributed by atoms with Crippen molar-refractivity contribution in [3.05, 3.63) is 76.5 Å². The summed E-state index contributed by atoms with van der Waals surface area (Å²) in [4.78, 5) is 23.2. The van der Waals surface area contributed by atoms with E-state index in [1.165, 1.54) is 0 Å². The van der Waals surface area contributed by atoms with E-state index in [9.17, 15) is 4.79 Å². The zero-order valence-electron chi connectivity index (χ0n) is 16.8. The van der Waals surface area contributed by atoms with Crippen molar-refractivity contribution in [1.82, 2.24) is 9.80 Å². The van der Waals surface area contributed by atoms with Crippen molar-refractivity contribution in [2.24, 2.45) is 4.99 Å². The molecule has 5 nitrogen and oxygen atoms in total. The normalized spacial score (nSPS) is 18.0. The first-order chi connectivity index (χ1) is 14.7. The maximum Gasteiger partial charge on any atom is 0.228 e. The molecule has 0 radical (unpaired) electrons. The summed E-state index contributed by atoms with van der Waals surface area (Å²) in [6, 6.07) is 20.0. The van der Waals surface area contributed by atoms with Crippen LogP contribution in [0.25, 0.3) is 0 Å². The molecule has 0 saturated carbocycles. The molecule has 2 aliphatic heterocycles. The van der Waals surface area contributed by atoms with E-state index in [1.807, 2.05) is 64.9 Å². The van der Waals surface area contributed by atoms with Gasteiger partial charge in [0.2, 0.25) is 5.91 Å². The molecule has 3 heterocycles. The highest BCUT2D eigenvalue weighted by Gasteiger charge is 2.31. The van der Waals surface area contributed by atoms with Crippen LogP contribution >= 0.6 is 11.3 Å². The second kappa shape index (κ2) is 7.95. The number of hydrogen-bond donors (Lipinski definition) is 0. The summed E-state index contributed by atoms with van der Waals surface area (Å²) in [7, 11) is 0. The minimum absolute atomic E-state index is 0.112. The van der Waals surface area contributed by atoms with Gasteiger partial charge in [0.25, 0.3) is 0 Å². The van der Waals surface area contributed by atoms with Gasteiger partial charge in [0.05, 0.1) is 12.0 Å². The molecular weight excluding hydrogens is 394 g/mol. The van der Waals surface area contributed by atoms with Gasteiger partial charge < -0.3 is 14.5 Å². The highest BCUT2D eigenvalue weighted by atomic mass is 32.1. The molecule has 6 heteroatoms. The van der Waals surface area contributed by atoms with Crippen LogP contribution < -0.4 is 4.74 Å². The van der Waals surface area contributed by atoms with Crippen LogP contribution in [0, 0.1) is 0 Å². The Morgan fingerprint density at radius 2 is 1.87 bits per heavy atom. The molecule has 1 fully saturated rings. The second-order valence-corrected chi connectivity index (χ2v) is 8.67. The third-order valence-electron chi connectivity index (χ3n) is 5.59. The number of carbonyl (C=O) groups is 1. The molecule has 1 saturated heterocycles. The van der Waals surface area contributed by atoms with E-state index >= 15 is 0 Å². The van der Waals surface area contributed by atoms with E-state index < -0.39 is 0 Å². The first-order valence-corrected chi connectivity index (χ1v) is 11.1. The fourth-order valence-electron chi connectivity index (χ4n) is 4.09. The topological polar surface area (TPSA) is 45.1 Å². The minimum atomic E-state index is 0.112. The number of amides is 1. The van der Waals surface area contributed by atoms with Gasteiger partial charge in [0, 0.05) is 30.6 Å². The molecular formula is C24H23N3O2S. The molecule has 152 valence electrons. The second-order valence-electron chi connectivity index (χ2n) is 7.64. The van der Waals surface area contributed by atoms with Gasteiger partial charge in [0.15, 0.2) is 5.75 Å². The lowest BCUT2D eigenvalue weighted by Gasteiger charge is -2.41. The van der Waals surface area contributed by atoms with E-state index in [-0.39, 0.29) is 11.9 Å². The Balaban J connectivity index is 1.41. The number of fused-ring (bicyclic) bond motifs is 2. The molecule has 1 aromatic heterocycles. The molecule has 0 aliphatic carbocycles. The molecule has 1 atom stereocenters. The van der Waals surface area contributed by atoms with Crippen LogP contribution in [0.2, 0.25) is 0 Å². The van der Waals surface area contributed by atoms with Crippen molar-refractivity contribution in [3.63, 3.8) is 0 Å². The van der Waals surface area contributed by atoms with Gasteiger partial charge >= 0.3 is 0 Å². The van der Waals surface area contributed by atoms with Gasteiger partial charge in [-0.1, -0.05) is 30.3 Å². The number of amidine groups is 1. The summed E-state index contributed by atoms with van der Waals surface area (Å²) in [5.74, 6) is 2.68. The van der Waals surface area contributed by atoms with Crippen LogP contribution in [-0.4, -0.2) is 47.2 Å². The number of thiophene rings is 1. The first-order valence-electron chi connectivity index (χ1n) is 10.2. The van der Waals surface area contributed by atoms with Crippen LogP contribution in [0.4, 0.5) is 5.69 Å². The van der Waals surface area contributed by atoms with Crippen molar-refractivity contribution in [2.75, 3.05) is 19.6 Å². The summed E-state index contributed by atoms with van der Waals surface area (Å²) >= 11 is 1.64. The zero-order valence-corrected chi connectivity index (χ0v) is 17.6. The molecule has 0 bridgehead atoms. The minimum Gasteiger partial charge on any atom is -0.454 e. The number of piperazine rings is 1. The quantitative estimate of drug-likeness (QED) is 0.607. The average molecular weight is 418 g/mol. The van der Waals surface area contributed by atoms with Gasteiger partial charge in [-0.15, -0.1) is 11.3 Å². The van der Waals surface area contributed by atoms with Gasteiger partial charge in [-0.25, -0.2) is 4.99 Å². The van der Waals surface area contributed by atoms with Gasteiger partial charge in [0.1, 0.15) is 17.3 Å². The van der Waals surface area contributed by atoms with Crippen LogP contribution in [-0.2, 0) is 11.2 Å². The molecule has 3 aromatic rings.